The lowest BCUT2D eigenvalue weighted by molar-refractivity contribution is 0.256. The molecule has 90 valence electrons. The van der Waals surface area contributed by atoms with Crippen LogP contribution in [-0.4, -0.2) is 26.8 Å². The highest BCUT2D eigenvalue weighted by atomic mass is 15.2. The van der Waals surface area contributed by atoms with Crippen LogP contribution in [0.4, 0.5) is 0 Å². The van der Waals surface area contributed by atoms with Gasteiger partial charge in [0.1, 0.15) is 12.7 Å². The summed E-state index contributed by atoms with van der Waals surface area (Å²) in [5.74, 6) is 0.976. The van der Waals surface area contributed by atoms with E-state index in [4.69, 9.17) is 0 Å². The molecule has 4 nitrogen and oxygen atoms in total. The molecular weight excluding hydrogens is 200 g/mol. The number of hydrogen-bond acceptors (Lipinski definition) is 3. The normalized spacial score (nSPS) is 20.4. The van der Waals surface area contributed by atoms with Crippen molar-refractivity contribution in [2.45, 2.75) is 58.2 Å². The molecule has 2 atom stereocenters. The van der Waals surface area contributed by atoms with Crippen LogP contribution >= 0.6 is 0 Å². The second-order valence-corrected chi connectivity index (χ2v) is 5.16. The molecule has 1 aliphatic rings. The third kappa shape index (κ3) is 3.30. The Labute approximate surface area is 97.5 Å². The lowest BCUT2D eigenvalue weighted by Crippen LogP contribution is -2.38. The van der Waals surface area contributed by atoms with E-state index in [1.807, 2.05) is 4.57 Å². The SMILES string of the molecule is CC(CC1CCC1)NC(C)Cn1cnnc1. The van der Waals surface area contributed by atoms with Crippen LogP contribution in [0.25, 0.3) is 0 Å². The summed E-state index contributed by atoms with van der Waals surface area (Å²) in [6.45, 7) is 5.46. The fraction of sp³-hybridized carbons (Fsp3) is 0.833. The highest BCUT2D eigenvalue weighted by Gasteiger charge is 2.20. The minimum atomic E-state index is 0.478. The lowest BCUT2D eigenvalue weighted by atomic mass is 9.81. The molecule has 16 heavy (non-hydrogen) atoms. The van der Waals surface area contributed by atoms with Crippen molar-refractivity contribution in [2.24, 2.45) is 5.92 Å². The van der Waals surface area contributed by atoms with E-state index in [-0.39, 0.29) is 0 Å². The van der Waals surface area contributed by atoms with E-state index in [1.54, 1.807) is 12.7 Å². The number of nitrogens with one attached hydrogen (secondary N) is 1. The van der Waals surface area contributed by atoms with Gasteiger partial charge in [-0.2, -0.15) is 0 Å². The van der Waals surface area contributed by atoms with Crippen molar-refractivity contribution in [1.29, 1.82) is 0 Å². The Morgan fingerprint density at radius 3 is 2.50 bits per heavy atom. The summed E-state index contributed by atoms with van der Waals surface area (Å²) in [4.78, 5) is 0. The topological polar surface area (TPSA) is 42.7 Å². The van der Waals surface area contributed by atoms with E-state index in [0.29, 0.717) is 12.1 Å². The molecule has 1 aromatic rings. The summed E-state index contributed by atoms with van der Waals surface area (Å²) in [6.07, 6.45) is 9.18. The van der Waals surface area contributed by atoms with Gasteiger partial charge in [-0.05, 0) is 26.2 Å². The highest BCUT2D eigenvalue weighted by molar-refractivity contribution is 4.77. The van der Waals surface area contributed by atoms with Crippen molar-refractivity contribution < 1.29 is 0 Å². The number of hydrogen-bond donors (Lipinski definition) is 1. The first kappa shape index (κ1) is 11.6. The Kier molecular flexibility index (Phi) is 3.93. The zero-order valence-corrected chi connectivity index (χ0v) is 10.3. The third-order valence-corrected chi connectivity index (χ3v) is 3.43. The zero-order chi connectivity index (χ0) is 11.4. The number of aromatic nitrogens is 3. The molecule has 1 N–H and O–H groups in total. The predicted molar refractivity (Wildman–Crippen MR) is 64.0 cm³/mol. The van der Waals surface area contributed by atoms with Crippen LogP contribution in [-0.2, 0) is 6.54 Å². The molecule has 1 fully saturated rings. The van der Waals surface area contributed by atoms with Crippen molar-refractivity contribution in [3.63, 3.8) is 0 Å². The first-order valence-corrected chi connectivity index (χ1v) is 6.32. The van der Waals surface area contributed by atoms with Gasteiger partial charge in [-0.25, -0.2) is 0 Å². The van der Waals surface area contributed by atoms with Gasteiger partial charge in [0.25, 0.3) is 0 Å². The smallest absolute Gasteiger partial charge is 0.119 e. The van der Waals surface area contributed by atoms with E-state index in [1.165, 1.54) is 25.7 Å². The molecule has 0 aliphatic heterocycles. The monoisotopic (exact) mass is 222 g/mol. The van der Waals surface area contributed by atoms with E-state index >= 15 is 0 Å². The number of nitrogens with zero attached hydrogens (tertiary/aromatic N) is 3. The Bertz CT molecular complexity index is 292. The molecule has 0 aromatic carbocycles. The molecule has 2 unspecified atom stereocenters. The van der Waals surface area contributed by atoms with Gasteiger partial charge in [0, 0.05) is 18.6 Å². The van der Waals surface area contributed by atoms with Crippen molar-refractivity contribution in [2.75, 3.05) is 0 Å². The van der Waals surface area contributed by atoms with Crippen LogP contribution < -0.4 is 5.32 Å². The first-order valence-electron chi connectivity index (χ1n) is 6.32. The molecule has 1 heterocycles. The first-order chi connectivity index (χ1) is 7.74. The third-order valence-electron chi connectivity index (χ3n) is 3.43. The van der Waals surface area contributed by atoms with Gasteiger partial charge in [-0.15, -0.1) is 10.2 Å². The average Bonchev–Trinajstić information content (AvgIpc) is 2.63. The Hall–Kier alpha value is -0.900. The van der Waals surface area contributed by atoms with Crippen LogP contribution in [0.1, 0.15) is 39.5 Å². The quantitative estimate of drug-likeness (QED) is 0.798. The van der Waals surface area contributed by atoms with Crippen molar-refractivity contribution in [3.05, 3.63) is 12.7 Å². The molecular formula is C12H22N4. The lowest BCUT2D eigenvalue weighted by Gasteiger charge is -2.30. The van der Waals surface area contributed by atoms with Crippen molar-refractivity contribution >= 4 is 0 Å². The van der Waals surface area contributed by atoms with Gasteiger partial charge < -0.3 is 9.88 Å². The minimum absolute atomic E-state index is 0.478. The summed E-state index contributed by atoms with van der Waals surface area (Å²) in [5.41, 5.74) is 0. The standard InChI is InChI=1S/C12H22N4/c1-10(6-12-4-3-5-12)15-11(2)7-16-8-13-14-9-16/h8-12,15H,3-7H2,1-2H3. The average molecular weight is 222 g/mol. The highest BCUT2D eigenvalue weighted by Crippen LogP contribution is 2.30. The van der Waals surface area contributed by atoms with Gasteiger partial charge in [0.2, 0.25) is 0 Å². The van der Waals surface area contributed by atoms with Crippen molar-refractivity contribution in [1.82, 2.24) is 20.1 Å². The van der Waals surface area contributed by atoms with Gasteiger partial charge in [-0.1, -0.05) is 19.3 Å². The van der Waals surface area contributed by atoms with Crippen molar-refractivity contribution in [3.8, 4) is 0 Å². The molecule has 1 aliphatic carbocycles. The molecule has 2 rings (SSSR count). The summed E-state index contributed by atoms with van der Waals surface area (Å²) >= 11 is 0. The largest absolute Gasteiger partial charge is 0.319 e. The molecule has 0 saturated heterocycles. The van der Waals surface area contributed by atoms with Crippen LogP contribution in [0.3, 0.4) is 0 Å². The van der Waals surface area contributed by atoms with Crippen LogP contribution in [0.5, 0.6) is 0 Å². The second kappa shape index (κ2) is 5.43. The fourth-order valence-corrected chi connectivity index (χ4v) is 2.47. The van der Waals surface area contributed by atoms with Gasteiger partial charge >= 0.3 is 0 Å². The predicted octanol–water partition coefficient (Wildman–Crippen LogP) is 1.83. The zero-order valence-electron chi connectivity index (χ0n) is 10.3. The number of rotatable bonds is 6. The summed E-state index contributed by atoms with van der Waals surface area (Å²) in [7, 11) is 0. The molecule has 0 bridgehead atoms. The molecule has 4 heteroatoms. The summed E-state index contributed by atoms with van der Waals surface area (Å²) in [6, 6.07) is 1.10. The Morgan fingerprint density at radius 2 is 1.94 bits per heavy atom. The van der Waals surface area contributed by atoms with Gasteiger partial charge in [0.15, 0.2) is 0 Å². The molecule has 1 saturated carbocycles. The van der Waals surface area contributed by atoms with E-state index in [9.17, 15) is 0 Å². The minimum Gasteiger partial charge on any atom is -0.319 e. The van der Waals surface area contributed by atoms with Gasteiger partial charge in [-0.3, -0.25) is 0 Å². The molecule has 0 spiro atoms. The molecule has 0 radical (unpaired) electrons. The maximum absolute atomic E-state index is 3.81. The maximum atomic E-state index is 3.81. The second-order valence-electron chi connectivity index (χ2n) is 5.16. The fourth-order valence-electron chi connectivity index (χ4n) is 2.47. The van der Waals surface area contributed by atoms with E-state index in [0.717, 1.165) is 12.5 Å². The Balaban J connectivity index is 1.67. The van der Waals surface area contributed by atoms with E-state index < -0.39 is 0 Å². The van der Waals surface area contributed by atoms with Crippen LogP contribution in [0.15, 0.2) is 12.7 Å². The van der Waals surface area contributed by atoms with Crippen LogP contribution in [0.2, 0.25) is 0 Å². The summed E-state index contributed by atoms with van der Waals surface area (Å²) in [5, 5.41) is 11.3. The summed E-state index contributed by atoms with van der Waals surface area (Å²) < 4.78 is 2.02. The molecule has 0 amide bonds. The van der Waals surface area contributed by atoms with E-state index in [2.05, 4.69) is 29.4 Å². The maximum Gasteiger partial charge on any atom is 0.119 e. The molecule has 1 aromatic heterocycles. The Morgan fingerprint density at radius 1 is 1.25 bits per heavy atom. The van der Waals surface area contributed by atoms with Gasteiger partial charge in [0.05, 0.1) is 0 Å². The van der Waals surface area contributed by atoms with Crippen LogP contribution in [0, 0.1) is 5.92 Å².